The largest absolute Gasteiger partial charge is 0.372 e. The molecular weight excluding hydrogens is 193 g/mol. The van der Waals surface area contributed by atoms with Crippen molar-refractivity contribution in [3.63, 3.8) is 0 Å². The maximum absolute atomic E-state index is 14.0. The first kappa shape index (κ1) is 8.71. The molecule has 0 atom stereocenters. The first-order valence-electron chi connectivity index (χ1n) is 5.15. The number of rotatable bonds is 2. The average Bonchev–Trinajstić information content (AvgIpc) is 2.97. The Kier molecular flexibility index (Phi) is 1.71. The Morgan fingerprint density at radius 2 is 2.27 bits per heavy atom. The van der Waals surface area contributed by atoms with Crippen LogP contribution >= 0.6 is 0 Å². The van der Waals surface area contributed by atoms with Crippen LogP contribution in [0.4, 0.5) is 10.2 Å². The monoisotopic (exact) mass is 205 g/mol. The van der Waals surface area contributed by atoms with E-state index in [2.05, 4.69) is 10.3 Å². The highest BCUT2D eigenvalue weighted by molar-refractivity contribution is 5.50. The molecule has 0 aliphatic heterocycles. The van der Waals surface area contributed by atoms with Crippen LogP contribution in [-0.2, 0) is 0 Å². The molecule has 3 rings (SSSR count). The number of anilines is 1. The fourth-order valence-electron chi connectivity index (χ4n) is 1.86. The highest BCUT2D eigenvalue weighted by Crippen LogP contribution is 2.41. The fraction of sp³-hybridized carbons (Fsp3) is 0.364. The molecule has 0 radical (unpaired) electrons. The summed E-state index contributed by atoms with van der Waals surface area (Å²) in [4.78, 5) is 4.22. The number of fused-ring (bicyclic) bond motifs is 1. The van der Waals surface area contributed by atoms with Crippen LogP contribution in [0.3, 0.4) is 0 Å². The van der Waals surface area contributed by atoms with E-state index >= 15 is 0 Å². The Balaban J connectivity index is 2.21. The highest BCUT2D eigenvalue weighted by Gasteiger charge is 2.27. The van der Waals surface area contributed by atoms with Crippen LogP contribution in [0, 0.1) is 5.95 Å². The third-order valence-electron chi connectivity index (χ3n) is 2.87. The zero-order valence-corrected chi connectivity index (χ0v) is 8.50. The Bertz CT molecular complexity index is 514. The van der Waals surface area contributed by atoms with Crippen molar-refractivity contribution in [1.82, 2.24) is 9.38 Å². The SMILES string of the molecule is CNc1cn2c(F)c(C3CC3)ccc2n1. The lowest BCUT2D eigenvalue weighted by atomic mass is 10.2. The summed E-state index contributed by atoms with van der Waals surface area (Å²) in [5.74, 6) is 0.959. The molecular formula is C11H12FN3. The number of aromatic nitrogens is 2. The summed E-state index contributed by atoms with van der Waals surface area (Å²) in [7, 11) is 1.78. The van der Waals surface area contributed by atoms with Crippen LogP contribution in [0.2, 0.25) is 0 Å². The molecule has 15 heavy (non-hydrogen) atoms. The summed E-state index contributed by atoms with van der Waals surface area (Å²) in [6, 6.07) is 3.73. The van der Waals surface area contributed by atoms with Gasteiger partial charge in [-0.1, -0.05) is 6.07 Å². The molecule has 0 unspecified atom stereocenters. The predicted octanol–water partition coefficient (Wildman–Crippen LogP) is 2.39. The van der Waals surface area contributed by atoms with Gasteiger partial charge in [-0.05, 0) is 24.8 Å². The van der Waals surface area contributed by atoms with Gasteiger partial charge in [0, 0.05) is 12.6 Å². The van der Waals surface area contributed by atoms with Gasteiger partial charge in [0.05, 0.1) is 6.20 Å². The lowest BCUT2D eigenvalue weighted by Gasteiger charge is -2.02. The van der Waals surface area contributed by atoms with Crippen molar-refractivity contribution in [2.24, 2.45) is 0 Å². The fourth-order valence-corrected chi connectivity index (χ4v) is 1.86. The second-order valence-corrected chi connectivity index (χ2v) is 3.96. The molecule has 1 aliphatic carbocycles. The van der Waals surface area contributed by atoms with E-state index in [-0.39, 0.29) is 5.95 Å². The predicted molar refractivity (Wildman–Crippen MR) is 56.7 cm³/mol. The van der Waals surface area contributed by atoms with Crippen molar-refractivity contribution < 1.29 is 4.39 Å². The number of halogens is 1. The van der Waals surface area contributed by atoms with E-state index in [1.54, 1.807) is 13.2 Å². The van der Waals surface area contributed by atoms with Crippen LogP contribution in [0.1, 0.15) is 24.3 Å². The number of hydrogen-bond acceptors (Lipinski definition) is 2. The molecule has 0 saturated heterocycles. The minimum atomic E-state index is -0.163. The third-order valence-corrected chi connectivity index (χ3v) is 2.87. The molecule has 3 nitrogen and oxygen atoms in total. The number of nitrogens with zero attached hydrogens (tertiary/aromatic N) is 2. The minimum Gasteiger partial charge on any atom is -0.372 e. The molecule has 2 aromatic rings. The zero-order valence-electron chi connectivity index (χ0n) is 8.50. The standard InChI is InChI=1S/C11H12FN3/c1-13-9-6-15-10(14-9)5-4-8(11(15)12)7-2-3-7/h4-7,13H,2-3H2,1H3. The molecule has 1 N–H and O–H groups in total. The molecule has 1 aliphatic rings. The molecule has 4 heteroatoms. The van der Waals surface area contributed by atoms with Gasteiger partial charge in [0.15, 0.2) is 0 Å². The van der Waals surface area contributed by atoms with E-state index in [4.69, 9.17) is 0 Å². The summed E-state index contributed by atoms with van der Waals surface area (Å²) >= 11 is 0. The highest BCUT2D eigenvalue weighted by atomic mass is 19.1. The van der Waals surface area contributed by atoms with Crippen LogP contribution < -0.4 is 5.32 Å². The summed E-state index contributed by atoms with van der Waals surface area (Å²) in [6.45, 7) is 0. The molecule has 0 bridgehead atoms. The molecule has 0 aromatic carbocycles. The van der Waals surface area contributed by atoms with Gasteiger partial charge in [0.2, 0.25) is 5.95 Å². The molecule has 0 amide bonds. The van der Waals surface area contributed by atoms with E-state index in [1.807, 2.05) is 12.1 Å². The first-order valence-corrected chi connectivity index (χ1v) is 5.15. The Labute approximate surface area is 86.9 Å². The summed E-state index contributed by atoms with van der Waals surface area (Å²) in [6.07, 6.45) is 3.91. The lowest BCUT2D eigenvalue weighted by Crippen LogP contribution is -1.96. The average molecular weight is 205 g/mol. The Morgan fingerprint density at radius 1 is 1.47 bits per heavy atom. The lowest BCUT2D eigenvalue weighted by molar-refractivity contribution is 0.552. The molecule has 1 saturated carbocycles. The number of nitrogens with one attached hydrogen (secondary N) is 1. The maximum atomic E-state index is 14.0. The Hall–Kier alpha value is -1.58. The zero-order chi connectivity index (χ0) is 10.4. The van der Waals surface area contributed by atoms with E-state index in [9.17, 15) is 4.39 Å². The van der Waals surface area contributed by atoms with Crippen LogP contribution in [0.25, 0.3) is 5.65 Å². The Morgan fingerprint density at radius 3 is 2.93 bits per heavy atom. The number of pyridine rings is 1. The smallest absolute Gasteiger partial charge is 0.202 e. The van der Waals surface area contributed by atoms with Crippen molar-refractivity contribution >= 4 is 11.5 Å². The summed E-state index contributed by atoms with van der Waals surface area (Å²) < 4.78 is 15.5. The number of imidazole rings is 1. The second-order valence-electron chi connectivity index (χ2n) is 3.96. The van der Waals surface area contributed by atoms with E-state index in [0.29, 0.717) is 17.4 Å². The van der Waals surface area contributed by atoms with Gasteiger partial charge in [-0.15, -0.1) is 0 Å². The molecule has 2 heterocycles. The van der Waals surface area contributed by atoms with E-state index < -0.39 is 0 Å². The minimum absolute atomic E-state index is 0.163. The van der Waals surface area contributed by atoms with Gasteiger partial charge < -0.3 is 5.32 Å². The van der Waals surface area contributed by atoms with Crippen molar-refractivity contribution in [1.29, 1.82) is 0 Å². The van der Waals surface area contributed by atoms with Crippen molar-refractivity contribution in [2.45, 2.75) is 18.8 Å². The van der Waals surface area contributed by atoms with Gasteiger partial charge in [0.25, 0.3) is 0 Å². The van der Waals surface area contributed by atoms with Crippen LogP contribution in [0.15, 0.2) is 18.3 Å². The quantitative estimate of drug-likeness (QED) is 0.763. The van der Waals surface area contributed by atoms with E-state index in [1.165, 1.54) is 4.40 Å². The molecule has 78 valence electrons. The maximum Gasteiger partial charge on any atom is 0.202 e. The van der Waals surface area contributed by atoms with Gasteiger partial charge in [-0.25, -0.2) is 4.98 Å². The van der Waals surface area contributed by atoms with Gasteiger partial charge >= 0.3 is 0 Å². The van der Waals surface area contributed by atoms with Gasteiger partial charge in [-0.3, -0.25) is 4.40 Å². The van der Waals surface area contributed by atoms with Gasteiger partial charge in [-0.2, -0.15) is 4.39 Å². The number of hydrogen-bond donors (Lipinski definition) is 1. The van der Waals surface area contributed by atoms with Crippen LogP contribution in [0.5, 0.6) is 0 Å². The van der Waals surface area contributed by atoms with Crippen molar-refractivity contribution in [2.75, 3.05) is 12.4 Å². The molecule has 2 aromatic heterocycles. The second kappa shape index (κ2) is 2.95. The molecule has 0 spiro atoms. The summed E-state index contributed by atoms with van der Waals surface area (Å²) in [5.41, 5.74) is 1.48. The van der Waals surface area contributed by atoms with Crippen molar-refractivity contribution in [3.8, 4) is 0 Å². The normalized spacial score (nSPS) is 15.9. The summed E-state index contributed by atoms with van der Waals surface area (Å²) in [5, 5.41) is 2.91. The van der Waals surface area contributed by atoms with E-state index in [0.717, 1.165) is 18.4 Å². The van der Waals surface area contributed by atoms with Crippen LogP contribution in [-0.4, -0.2) is 16.4 Å². The first-order chi connectivity index (χ1) is 7.29. The van der Waals surface area contributed by atoms with Crippen molar-refractivity contribution in [3.05, 3.63) is 29.8 Å². The van der Waals surface area contributed by atoms with Gasteiger partial charge in [0.1, 0.15) is 11.5 Å². The third kappa shape index (κ3) is 1.28. The molecule has 1 fully saturated rings. The topological polar surface area (TPSA) is 29.3 Å².